The summed E-state index contributed by atoms with van der Waals surface area (Å²) in [7, 11) is 0. The minimum absolute atomic E-state index is 0.0489. The van der Waals surface area contributed by atoms with E-state index in [0.717, 1.165) is 6.07 Å². The number of hydrogen-bond donors (Lipinski definition) is 1. The Morgan fingerprint density at radius 2 is 1.79 bits per heavy atom. The van der Waals surface area contributed by atoms with Crippen molar-refractivity contribution in [1.29, 1.82) is 0 Å². The van der Waals surface area contributed by atoms with Gasteiger partial charge in [-0.1, -0.05) is 32.0 Å². The molecule has 1 N–H and O–H groups in total. The first-order valence-electron chi connectivity index (χ1n) is 7.46. The van der Waals surface area contributed by atoms with Crippen molar-refractivity contribution >= 4 is 5.91 Å². The van der Waals surface area contributed by atoms with Gasteiger partial charge in [0.2, 0.25) is 17.7 Å². The summed E-state index contributed by atoms with van der Waals surface area (Å²) in [5.74, 6) is 0.154. The molecule has 0 aliphatic carbocycles. The van der Waals surface area contributed by atoms with E-state index < -0.39 is 23.7 Å². The summed E-state index contributed by atoms with van der Waals surface area (Å²) in [4.78, 5) is 12.0. The lowest BCUT2D eigenvalue weighted by Crippen LogP contribution is -2.29. The van der Waals surface area contributed by atoms with E-state index in [0.29, 0.717) is 5.89 Å². The number of benzene rings is 1. The molecule has 1 aromatic carbocycles. The number of rotatable bonds is 5. The Bertz CT molecular complexity index is 711. The van der Waals surface area contributed by atoms with Gasteiger partial charge in [-0.05, 0) is 18.6 Å². The number of carbonyl (C=O) groups is 1. The molecule has 0 saturated heterocycles. The Morgan fingerprint density at radius 3 is 2.38 bits per heavy atom. The van der Waals surface area contributed by atoms with Gasteiger partial charge in [0, 0.05) is 5.92 Å². The molecule has 1 heterocycles. The van der Waals surface area contributed by atoms with Crippen molar-refractivity contribution in [2.75, 3.05) is 0 Å². The molecule has 0 saturated carbocycles. The summed E-state index contributed by atoms with van der Waals surface area (Å²) in [6.07, 6.45) is -4.88. The van der Waals surface area contributed by atoms with Crippen LogP contribution in [0.1, 0.15) is 55.6 Å². The maximum Gasteiger partial charge on any atom is 0.416 e. The highest BCUT2D eigenvalue weighted by Crippen LogP contribution is 2.32. The van der Waals surface area contributed by atoms with E-state index in [9.17, 15) is 18.0 Å². The third kappa shape index (κ3) is 4.33. The van der Waals surface area contributed by atoms with Crippen LogP contribution in [0.15, 0.2) is 28.7 Å². The number of nitrogens with zero attached hydrogens (tertiary/aromatic N) is 2. The van der Waals surface area contributed by atoms with Crippen molar-refractivity contribution in [1.82, 2.24) is 15.5 Å². The second-order valence-electron chi connectivity index (χ2n) is 5.75. The highest BCUT2D eigenvalue weighted by molar-refractivity contribution is 5.79. The van der Waals surface area contributed by atoms with Gasteiger partial charge in [0.1, 0.15) is 6.04 Å². The van der Waals surface area contributed by atoms with Gasteiger partial charge >= 0.3 is 6.18 Å². The lowest BCUT2D eigenvalue weighted by atomic mass is 10.0. The van der Waals surface area contributed by atoms with Gasteiger partial charge in [-0.25, -0.2) is 0 Å². The molecule has 8 heteroatoms. The van der Waals surface area contributed by atoms with Crippen molar-refractivity contribution in [2.45, 2.75) is 45.3 Å². The summed E-state index contributed by atoms with van der Waals surface area (Å²) in [6.45, 7) is 5.40. The van der Waals surface area contributed by atoms with Crippen LogP contribution in [0.5, 0.6) is 0 Å². The van der Waals surface area contributed by atoms with Crippen LogP contribution >= 0.6 is 0 Å². The highest BCUT2D eigenvalue weighted by atomic mass is 19.4. The Balaban J connectivity index is 2.05. The van der Waals surface area contributed by atoms with Gasteiger partial charge in [-0.3, -0.25) is 4.79 Å². The van der Waals surface area contributed by atoms with E-state index in [2.05, 4.69) is 15.5 Å². The van der Waals surface area contributed by atoms with E-state index in [1.165, 1.54) is 18.2 Å². The first-order valence-corrected chi connectivity index (χ1v) is 7.46. The van der Waals surface area contributed by atoms with Gasteiger partial charge in [0.25, 0.3) is 0 Å². The number of carbonyl (C=O) groups excluding carboxylic acids is 1. The average Bonchev–Trinajstić information content (AvgIpc) is 2.96. The molecule has 130 valence electrons. The maximum atomic E-state index is 12.9. The van der Waals surface area contributed by atoms with Gasteiger partial charge in [0.15, 0.2) is 0 Å². The van der Waals surface area contributed by atoms with E-state index in [-0.39, 0.29) is 23.8 Å². The number of amides is 1. The predicted molar refractivity (Wildman–Crippen MR) is 80.1 cm³/mol. The summed E-state index contributed by atoms with van der Waals surface area (Å²) >= 11 is 0. The van der Waals surface area contributed by atoms with Crippen molar-refractivity contribution in [3.05, 3.63) is 47.2 Å². The molecule has 0 unspecified atom stereocenters. The summed E-state index contributed by atoms with van der Waals surface area (Å²) < 4.78 is 44.2. The highest BCUT2D eigenvalue weighted by Gasteiger charge is 2.33. The van der Waals surface area contributed by atoms with E-state index in [1.54, 1.807) is 6.92 Å². The topological polar surface area (TPSA) is 68.0 Å². The number of aromatic nitrogens is 2. The van der Waals surface area contributed by atoms with Crippen LogP contribution in [0.2, 0.25) is 0 Å². The van der Waals surface area contributed by atoms with E-state index in [1.807, 2.05) is 13.8 Å². The van der Waals surface area contributed by atoms with Crippen LogP contribution in [0.3, 0.4) is 0 Å². The summed E-state index contributed by atoms with van der Waals surface area (Å²) in [6, 6.07) is 4.42. The molecule has 0 aliphatic rings. The second kappa shape index (κ2) is 7.02. The molecule has 5 nitrogen and oxygen atoms in total. The van der Waals surface area contributed by atoms with Gasteiger partial charge in [-0.2, -0.15) is 13.2 Å². The fourth-order valence-electron chi connectivity index (χ4n) is 2.13. The van der Waals surface area contributed by atoms with Gasteiger partial charge in [0.05, 0.1) is 12.0 Å². The molecule has 1 atom stereocenters. The van der Waals surface area contributed by atoms with Crippen molar-refractivity contribution in [3.8, 4) is 0 Å². The lowest BCUT2D eigenvalue weighted by Gasteiger charge is -2.14. The average molecular weight is 341 g/mol. The molecule has 1 aromatic heterocycles. The zero-order chi connectivity index (χ0) is 17.9. The number of nitrogens with one attached hydrogen (secondary N) is 1. The Hall–Kier alpha value is -2.38. The third-order valence-corrected chi connectivity index (χ3v) is 3.37. The molecular weight excluding hydrogens is 323 g/mol. The summed E-state index contributed by atoms with van der Waals surface area (Å²) in [5, 5.41) is 10.3. The smallest absolute Gasteiger partial charge is 0.416 e. The van der Waals surface area contributed by atoms with Crippen molar-refractivity contribution in [3.63, 3.8) is 0 Å². The van der Waals surface area contributed by atoms with Gasteiger partial charge < -0.3 is 9.73 Å². The molecule has 0 fully saturated rings. The first kappa shape index (κ1) is 18.0. The minimum Gasteiger partial charge on any atom is -0.423 e. The van der Waals surface area contributed by atoms with Gasteiger partial charge in [-0.15, -0.1) is 10.2 Å². The van der Waals surface area contributed by atoms with Crippen LogP contribution < -0.4 is 5.32 Å². The summed E-state index contributed by atoms with van der Waals surface area (Å²) in [5.41, 5.74) is -0.893. The standard InChI is InChI=1S/C16H18F3N3O2/c1-9(2)14-21-22-15(24-14)10(3)20-13(23)8-11-6-4-5-7-12(11)16(17,18)19/h4-7,9-10H,8H2,1-3H3,(H,20,23)/t10-/m1/s1. The molecule has 0 spiro atoms. The Morgan fingerprint density at radius 1 is 1.17 bits per heavy atom. The van der Waals surface area contributed by atoms with Crippen LogP contribution in [-0.4, -0.2) is 16.1 Å². The molecule has 0 aliphatic heterocycles. The van der Waals surface area contributed by atoms with Crippen LogP contribution in [0.25, 0.3) is 0 Å². The van der Waals surface area contributed by atoms with Crippen LogP contribution in [-0.2, 0) is 17.4 Å². The zero-order valence-corrected chi connectivity index (χ0v) is 13.5. The normalized spacial score (nSPS) is 13.1. The second-order valence-corrected chi connectivity index (χ2v) is 5.75. The molecule has 1 amide bonds. The predicted octanol–water partition coefficient (Wildman–Crippen LogP) is 3.63. The van der Waals surface area contributed by atoms with E-state index in [4.69, 9.17) is 4.42 Å². The first-order chi connectivity index (χ1) is 11.2. The molecule has 0 bridgehead atoms. The Kier molecular flexibility index (Phi) is 5.26. The maximum absolute atomic E-state index is 12.9. The van der Waals surface area contributed by atoms with Crippen LogP contribution in [0, 0.1) is 0 Å². The van der Waals surface area contributed by atoms with Crippen molar-refractivity contribution in [2.24, 2.45) is 0 Å². The number of alkyl halides is 3. The lowest BCUT2D eigenvalue weighted by molar-refractivity contribution is -0.138. The third-order valence-electron chi connectivity index (χ3n) is 3.37. The molecular formula is C16H18F3N3O2. The molecule has 2 rings (SSSR count). The largest absolute Gasteiger partial charge is 0.423 e. The monoisotopic (exact) mass is 341 g/mol. The SMILES string of the molecule is CC(C)c1nnc([C@@H](C)NC(=O)Cc2ccccc2C(F)(F)F)o1. The van der Waals surface area contributed by atoms with Crippen LogP contribution in [0.4, 0.5) is 13.2 Å². The quantitative estimate of drug-likeness (QED) is 0.902. The number of hydrogen-bond acceptors (Lipinski definition) is 4. The number of halogens is 3. The Labute approximate surface area is 137 Å². The minimum atomic E-state index is -4.50. The van der Waals surface area contributed by atoms with Crippen molar-refractivity contribution < 1.29 is 22.4 Å². The zero-order valence-electron chi connectivity index (χ0n) is 13.5. The van der Waals surface area contributed by atoms with E-state index >= 15 is 0 Å². The fourth-order valence-corrected chi connectivity index (χ4v) is 2.13. The molecule has 24 heavy (non-hydrogen) atoms. The molecule has 0 radical (unpaired) electrons. The fraction of sp³-hybridized carbons (Fsp3) is 0.438. The molecule has 2 aromatic rings.